The molecule has 1 saturated carbocycles. The number of hydrogen-bond acceptors (Lipinski definition) is 2. The SMILES string of the molecule is CC1CCC(CNC(=O)CCCCO)C1. The van der Waals surface area contributed by atoms with Crippen LogP contribution in [0, 0.1) is 11.8 Å². The minimum absolute atomic E-state index is 0.142. The summed E-state index contributed by atoms with van der Waals surface area (Å²) < 4.78 is 0. The molecule has 1 rings (SSSR count). The molecular formula is C12H23NO2. The van der Waals surface area contributed by atoms with Crippen LogP contribution in [0.4, 0.5) is 0 Å². The molecule has 88 valence electrons. The predicted molar refractivity (Wildman–Crippen MR) is 60.5 cm³/mol. The Balaban J connectivity index is 2.01. The average Bonchev–Trinajstić information content (AvgIpc) is 2.62. The Morgan fingerprint density at radius 1 is 1.40 bits per heavy atom. The van der Waals surface area contributed by atoms with Gasteiger partial charge in [0.15, 0.2) is 0 Å². The summed E-state index contributed by atoms with van der Waals surface area (Å²) >= 11 is 0. The third-order valence-corrected chi connectivity index (χ3v) is 3.20. The Bertz CT molecular complexity index is 194. The minimum atomic E-state index is 0.142. The summed E-state index contributed by atoms with van der Waals surface area (Å²) in [7, 11) is 0. The largest absolute Gasteiger partial charge is 0.396 e. The number of unbranched alkanes of at least 4 members (excludes halogenated alkanes) is 1. The summed E-state index contributed by atoms with van der Waals surface area (Å²) in [5.41, 5.74) is 0. The van der Waals surface area contributed by atoms with Crippen LogP contribution < -0.4 is 5.32 Å². The van der Waals surface area contributed by atoms with Gasteiger partial charge in [-0.3, -0.25) is 4.79 Å². The number of aliphatic hydroxyl groups excluding tert-OH is 1. The van der Waals surface area contributed by atoms with Crippen LogP contribution >= 0.6 is 0 Å². The van der Waals surface area contributed by atoms with E-state index < -0.39 is 0 Å². The summed E-state index contributed by atoms with van der Waals surface area (Å²) in [4.78, 5) is 11.4. The second-order valence-corrected chi connectivity index (χ2v) is 4.77. The monoisotopic (exact) mass is 213 g/mol. The standard InChI is InChI=1S/C12H23NO2/c1-10-5-6-11(8-10)9-13-12(15)4-2-3-7-14/h10-11,14H,2-9H2,1H3,(H,13,15). The lowest BCUT2D eigenvalue weighted by Gasteiger charge is -2.10. The van der Waals surface area contributed by atoms with Gasteiger partial charge in [-0.15, -0.1) is 0 Å². The summed E-state index contributed by atoms with van der Waals surface area (Å²) in [6.07, 6.45) is 5.92. The van der Waals surface area contributed by atoms with Gasteiger partial charge in [-0.25, -0.2) is 0 Å². The molecule has 0 aromatic rings. The molecule has 1 fully saturated rings. The second-order valence-electron chi connectivity index (χ2n) is 4.77. The zero-order valence-corrected chi connectivity index (χ0v) is 9.67. The molecular weight excluding hydrogens is 190 g/mol. The van der Waals surface area contributed by atoms with Crippen molar-refractivity contribution in [3.63, 3.8) is 0 Å². The van der Waals surface area contributed by atoms with Gasteiger partial charge in [0, 0.05) is 19.6 Å². The first-order chi connectivity index (χ1) is 7.22. The van der Waals surface area contributed by atoms with Crippen LogP contribution in [-0.4, -0.2) is 24.2 Å². The van der Waals surface area contributed by atoms with E-state index in [9.17, 15) is 4.79 Å². The zero-order chi connectivity index (χ0) is 11.1. The highest BCUT2D eigenvalue weighted by atomic mass is 16.2. The molecule has 0 heterocycles. The van der Waals surface area contributed by atoms with Crippen molar-refractivity contribution in [2.45, 2.75) is 45.4 Å². The van der Waals surface area contributed by atoms with Crippen LogP contribution in [0.3, 0.4) is 0 Å². The summed E-state index contributed by atoms with van der Waals surface area (Å²) in [5, 5.41) is 11.6. The van der Waals surface area contributed by atoms with Crippen LogP contribution in [0.5, 0.6) is 0 Å². The van der Waals surface area contributed by atoms with Gasteiger partial charge in [0.1, 0.15) is 0 Å². The maximum absolute atomic E-state index is 11.4. The fourth-order valence-corrected chi connectivity index (χ4v) is 2.25. The second kappa shape index (κ2) is 6.83. The Hall–Kier alpha value is -0.570. The van der Waals surface area contributed by atoms with E-state index >= 15 is 0 Å². The molecule has 15 heavy (non-hydrogen) atoms. The lowest BCUT2D eigenvalue weighted by atomic mass is 10.1. The molecule has 0 aliphatic heterocycles. The molecule has 0 saturated heterocycles. The summed E-state index contributed by atoms with van der Waals surface area (Å²) in [5.74, 6) is 1.67. The third-order valence-electron chi connectivity index (χ3n) is 3.20. The first-order valence-corrected chi connectivity index (χ1v) is 6.10. The molecule has 2 N–H and O–H groups in total. The van der Waals surface area contributed by atoms with Crippen LogP contribution in [0.1, 0.15) is 45.4 Å². The van der Waals surface area contributed by atoms with Gasteiger partial charge in [-0.1, -0.05) is 13.3 Å². The van der Waals surface area contributed by atoms with E-state index in [4.69, 9.17) is 5.11 Å². The maximum atomic E-state index is 11.4. The van der Waals surface area contributed by atoms with Crippen LogP contribution in [0.15, 0.2) is 0 Å². The number of carbonyl (C=O) groups is 1. The number of nitrogens with one attached hydrogen (secondary N) is 1. The van der Waals surface area contributed by atoms with Gasteiger partial charge in [-0.05, 0) is 37.5 Å². The Labute approximate surface area is 92.3 Å². The number of amides is 1. The molecule has 1 aliphatic rings. The van der Waals surface area contributed by atoms with E-state index in [1.807, 2.05) is 0 Å². The molecule has 2 unspecified atom stereocenters. The quantitative estimate of drug-likeness (QED) is 0.660. The molecule has 3 nitrogen and oxygen atoms in total. The zero-order valence-electron chi connectivity index (χ0n) is 9.67. The Morgan fingerprint density at radius 2 is 2.20 bits per heavy atom. The van der Waals surface area contributed by atoms with Crippen molar-refractivity contribution in [1.29, 1.82) is 0 Å². The van der Waals surface area contributed by atoms with E-state index in [1.54, 1.807) is 0 Å². The first-order valence-electron chi connectivity index (χ1n) is 6.10. The molecule has 0 spiro atoms. The molecule has 0 aromatic carbocycles. The van der Waals surface area contributed by atoms with Crippen molar-refractivity contribution in [2.75, 3.05) is 13.2 Å². The molecule has 3 heteroatoms. The predicted octanol–water partition coefficient (Wildman–Crippen LogP) is 1.70. The smallest absolute Gasteiger partial charge is 0.220 e. The summed E-state index contributed by atoms with van der Waals surface area (Å²) in [6, 6.07) is 0. The van der Waals surface area contributed by atoms with E-state index in [-0.39, 0.29) is 12.5 Å². The number of carbonyl (C=O) groups excluding carboxylic acids is 1. The van der Waals surface area contributed by atoms with Gasteiger partial charge in [0.2, 0.25) is 5.91 Å². The van der Waals surface area contributed by atoms with Crippen molar-refractivity contribution >= 4 is 5.91 Å². The lowest BCUT2D eigenvalue weighted by Crippen LogP contribution is -2.28. The van der Waals surface area contributed by atoms with Gasteiger partial charge in [-0.2, -0.15) is 0 Å². The normalized spacial score (nSPS) is 25.5. The maximum Gasteiger partial charge on any atom is 0.220 e. The van der Waals surface area contributed by atoms with Crippen molar-refractivity contribution in [1.82, 2.24) is 5.32 Å². The van der Waals surface area contributed by atoms with E-state index in [0.717, 1.165) is 25.3 Å². The highest BCUT2D eigenvalue weighted by molar-refractivity contribution is 5.75. The molecule has 0 radical (unpaired) electrons. The van der Waals surface area contributed by atoms with Crippen molar-refractivity contribution in [3.8, 4) is 0 Å². The highest BCUT2D eigenvalue weighted by Gasteiger charge is 2.21. The van der Waals surface area contributed by atoms with Gasteiger partial charge < -0.3 is 10.4 Å². The molecule has 1 amide bonds. The highest BCUT2D eigenvalue weighted by Crippen LogP contribution is 2.29. The number of rotatable bonds is 6. The Morgan fingerprint density at radius 3 is 2.80 bits per heavy atom. The fourth-order valence-electron chi connectivity index (χ4n) is 2.25. The molecule has 1 aliphatic carbocycles. The van der Waals surface area contributed by atoms with Crippen molar-refractivity contribution in [3.05, 3.63) is 0 Å². The van der Waals surface area contributed by atoms with Gasteiger partial charge in [0.25, 0.3) is 0 Å². The lowest BCUT2D eigenvalue weighted by molar-refractivity contribution is -0.121. The molecule has 0 bridgehead atoms. The van der Waals surface area contributed by atoms with E-state index in [2.05, 4.69) is 12.2 Å². The fraction of sp³-hybridized carbons (Fsp3) is 0.917. The van der Waals surface area contributed by atoms with E-state index in [0.29, 0.717) is 12.3 Å². The van der Waals surface area contributed by atoms with Crippen molar-refractivity contribution < 1.29 is 9.90 Å². The van der Waals surface area contributed by atoms with Crippen LogP contribution in [-0.2, 0) is 4.79 Å². The third kappa shape index (κ3) is 5.17. The summed E-state index contributed by atoms with van der Waals surface area (Å²) in [6.45, 7) is 3.32. The van der Waals surface area contributed by atoms with Gasteiger partial charge in [0.05, 0.1) is 0 Å². The van der Waals surface area contributed by atoms with Crippen molar-refractivity contribution in [2.24, 2.45) is 11.8 Å². The molecule has 0 aromatic heterocycles. The van der Waals surface area contributed by atoms with Crippen LogP contribution in [0.25, 0.3) is 0 Å². The minimum Gasteiger partial charge on any atom is -0.396 e. The van der Waals surface area contributed by atoms with Gasteiger partial charge >= 0.3 is 0 Å². The topological polar surface area (TPSA) is 49.3 Å². The Kier molecular flexibility index (Phi) is 5.69. The van der Waals surface area contributed by atoms with E-state index in [1.165, 1.54) is 19.3 Å². The number of hydrogen-bond donors (Lipinski definition) is 2. The van der Waals surface area contributed by atoms with Crippen LogP contribution in [0.2, 0.25) is 0 Å². The molecule has 2 atom stereocenters. The first kappa shape index (κ1) is 12.5. The average molecular weight is 213 g/mol. The number of aliphatic hydroxyl groups is 1.